The van der Waals surface area contributed by atoms with Crippen LogP contribution in [0.25, 0.3) is 0 Å². The normalized spacial score (nSPS) is 15.5. The van der Waals surface area contributed by atoms with Crippen molar-refractivity contribution in [3.05, 3.63) is 35.4 Å². The summed E-state index contributed by atoms with van der Waals surface area (Å²) in [4.78, 5) is 7.88. The van der Waals surface area contributed by atoms with E-state index in [1.165, 1.54) is 18.5 Å². The number of benzene rings is 1. The monoisotopic (exact) mass is 180 g/mol. The number of hydrogen-bond donors (Lipinski definition) is 0. The van der Waals surface area contributed by atoms with E-state index in [2.05, 4.69) is 9.98 Å². The second-order valence-electron chi connectivity index (χ2n) is 2.64. The van der Waals surface area contributed by atoms with Crippen molar-refractivity contribution < 1.29 is 8.78 Å². The van der Waals surface area contributed by atoms with Crippen molar-refractivity contribution in [2.75, 3.05) is 0 Å². The van der Waals surface area contributed by atoms with Crippen LogP contribution >= 0.6 is 0 Å². The van der Waals surface area contributed by atoms with Gasteiger partial charge < -0.3 is 0 Å². The molecule has 0 aliphatic carbocycles. The van der Waals surface area contributed by atoms with E-state index in [0.717, 1.165) is 12.1 Å². The summed E-state index contributed by atoms with van der Waals surface area (Å²) in [6, 6.07) is 3.66. The summed E-state index contributed by atoms with van der Waals surface area (Å²) in [5, 5.41) is 0. The first-order valence-corrected chi connectivity index (χ1v) is 3.77. The first-order valence-electron chi connectivity index (χ1n) is 3.77. The van der Waals surface area contributed by atoms with Gasteiger partial charge in [0.05, 0.1) is 0 Å². The molecule has 1 aromatic rings. The maximum Gasteiger partial charge on any atom is 0.165 e. The predicted octanol–water partition coefficient (Wildman–Crippen LogP) is 2.12. The summed E-state index contributed by atoms with van der Waals surface area (Å²) >= 11 is 0. The van der Waals surface area contributed by atoms with Crippen LogP contribution in [0.15, 0.2) is 28.2 Å². The topological polar surface area (TPSA) is 24.7 Å². The third-order valence-corrected chi connectivity index (χ3v) is 1.76. The molecule has 0 bridgehead atoms. The Morgan fingerprint density at radius 1 is 1.00 bits per heavy atom. The molecule has 1 aliphatic rings. The van der Waals surface area contributed by atoms with E-state index in [9.17, 15) is 8.78 Å². The van der Waals surface area contributed by atoms with Crippen molar-refractivity contribution >= 4 is 12.4 Å². The minimum Gasteiger partial charge on any atom is -0.260 e. The lowest BCUT2D eigenvalue weighted by molar-refractivity contribution is 0.506. The first kappa shape index (κ1) is 8.04. The Kier molecular flexibility index (Phi) is 1.88. The molecule has 0 spiro atoms. The quantitative estimate of drug-likeness (QED) is 0.632. The molecule has 1 heterocycles. The second kappa shape index (κ2) is 3.05. The Morgan fingerprint density at radius 2 is 1.69 bits per heavy atom. The van der Waals surface area contributed by atoms with E-state index in [1.807, 2.05) is 0 Å². The van der Waals surface area contributed by atoms with E-state index in [4.69, 9.17) is 0 Å². The van der Waals surface area contributed by atoms with Crippen molar-refractivity contribution in [3.8, 4) is 0 Å². The Labute approximate surface area is 73.6 Å². The summed E-state index contributed by atoms with van der Waals surface area (Å²) in [5.41, 5.74) is 0.559. The minimum absolute atomic E-state index is 0.407. The van der Waals surface area contributed by atoms with Crippen molar-refractivity contribution in [1.29, 1.82) is 0 Å². The van der Waals surface area contributed by atoms with Gasteiger partial charge in [-0.3, -0.25) is 9.98 Å². The van der Waals surface area contributed by atoms with Crippen LogP contribution < -0.4 is 0 Å². The Bertz CT molecular complexity index is 373. The van der Waals surface area contributed by atoms with Crippen LogP contribution in [0.5, 0.6) is 0 Å². The maximum atomic E-state index is 12.8. The van der Waals surface area contributed by atoms with Gasteiger partial charge in [-0.05, 0) is 12.1 Å². The number of aliphatic imine (C=N–C) groups is 2. The number of halogens is 2. The first-order chi connectivity index (χ1) is 6.27. The van der Waals surface area contributed by atoms with Crippen molar-refractivity contribution in [2.24, 2.45) is 9.98 Å². The van der Waals surface area contributed by atoms with Crippen LogP contribution in [0.3, 0.4) is 0 Å². The number of hydrogen-bond acceptors (Lipinski definition) is 2. The highest BCUT2D eigenvalue weighted by molar-refractivity contribution is 6.17. The fourth-order valence-electron chi connectivity index (χ4n) is 1.12. The summed E-state index contributed by atoms with van der Waals surface area (Å²) in [6.45, 7) is 0. The average molecular weight is 180 g/mol. The van der Waals surface area contributed by atoms with Crippen molar-refractivity contribution in [3.63, 3.8) is 0 Å². The van der Waals surface area contributed by atoms with E-state index in [0.29, 0.717) is 5.56 Å². The van der Waals surface area contributed by atoms with Gasteiger partial charge >= 0.3 is 0 Å². The van der Waals surface area contributed by atoms with Gasteiger partial charge in [-0.2, -0.15) is 0 Å². The molecular weight excluding hydrogens is 174 g/mol. The molecule has 0 saturated heterocycles. The molecule has 2 nitrogen and oxygen atoms in total. The van der Waals surface area contributed by atoms with E-state index < -0.39 is 17.8 Å². The summed E-state index contributed by atoms with van der Waals surface area (Å²) < 4.78 is 25.3. The lowest BCUT2D eigenvalue weighted by Crippen LogP contribution is -1.92. The molecule has 2 rings (SSSR count). The Morgan fingerprint density at radius 3 is 2.31 bits per heavy atom. The highest BCUT2D eigenvalue weighted by Gasteiger charge is 2.11. The Hall–Kier alpha value is -1.58. The van der Waals surface area contributed by atoms with Gasteiger partial charge in [-0.1, -0.05) is 6.07 Å². The molecule has 0 aromatic heterocycles. The van der Waals surface area contributed by atoms with Gasteiger partial charge in [0.25, 0.3) is 0 Å². The van der Waals surface area contributed by atoms with Crippen LogP contribution in [-0.4, -0.2) is 12.4 Å². The van der Waals surface area contributed by atoms with Crippen LogP contribution in [0, 0.1) is 11.6 Å². The zero-order valence-corrected chi connectivity index (χ0v) is 6.61. The molecule has 13 heavy (non-hydrogen) atoms. The highest BCUT2D eigenvalue weighted by atomic mass is 19.2. The number of rotatable bonds is 1. The number of nitrogens with zero attached hydrogens (tertiary/aromatic N) is 2. The third kappa shape index (κ3) is 1.47. The fraction of sp³-hybridized carbons (Fsp3) is 0.111. The molecular formula is C9H6F2N2. The SMILES string of the molecule is Fc1ccc(C2N=CC=N2)cc1F. The predicted molar refractivity (Wildman–Crippen MR) is 46.1 cm³/mol. The lowest BCUT2D eigenvalue weighted by atomic mass is 10.2. The smallest absolute Gasteiger partial charge is 0.165 e. The van der Waals surface area contributed by atoms with Crippen LogP contribution in [0.2, 0.25) is 0 Å². The van der Waals surface area contributed by atoms with Crippen LogP contribution in [0.4, 0.5) is 8.78 Å². The second-order valence-corrected chi connectivity index (χ2v) is 2.64. The van der Waals surface area contributed by atoms with Crippen molar-refractivity contribution in [1.82, 2.24) is 0 Å². The Balaban J connectivity index is 2.36. The third-order valence-electron chi connectivity index (χ3n) is 1.76. The molecule has 0 atom stereocenters. The van der Waals surface area contributed by atoms with E-state index >= 15 is 0 Å². The van der Waals surface area contributed by atoms with Crippen LogP contribution in [0.1, 0.15) is 11.7 Å². The maximum absolute atomic E-state index is 12.8. The average Bonchev–Trinajstić information content (AvgIpc) is 2.62. The van der Waals surface area contributed by atoms with Gasteiger partial charge in [-0.15, -0.1) is 0 Å². The van der Waals surface area contributed by atoms with E-state index in [-0.39, 0.29) is 0 Å². The zero-order chi connectivity index (χ0) is 9.26. The zero-order valence-electron chi connectivity index (χ0n) is 6.61. The van der Waals surface area contributed by atoms with E-state index in [1.54, 1.807) is 0 Å². The molecule has 1 aliphatic heterocycles. The summed E-state index contributed by atoms with van der Waals surface area (Å²) in [5.74, 6) is -1.72. The standard InChI is InChI=1S/C9H6F2N2/c10-7-2-1-6(5-8(7)11)9-12-3-4-13-9/h1-5,9H. The van der Waals surface area contributed by atoms with Gasteiger partial charge in [0.2, 0.25) is 0 Å². The molecule has 0 radical (unpaired) electrons. The van der Waals surface area contributed by atoms with Gasteiger partial charge in [0.1, 0.15) is 0 Å². The molecule has 0 N–H and O–H groups in total. The van der Waals surface area contributed by atoms with Gasteiger partial charge in [-0.25, -0.2) is 8.78 Å². The molecule has 4 heteroatoms. The van der Waals surface area contributed by atoms with Gasteiger partial charge in [0, 0.05) is 18.0 Å². The summed E-state index contributed by atoms with van der Waals surface area (Å²) in [6.07, 6.45) is 2.66. The van der Waals surface area contributed by atoms with Crippen LogP contribution in [-0.2, 0) is 0 Å². The molecule has 0 amide bonds. The molecule has 1 aromatic carbocycles. The lowest BCUT2D eigenvalue weighted by Gasteiger charge is -2.03. The molecule has 0 fully saturated rings. The summed E-state index contributed by atoms with van der Waals surface area (Å²) in [7, 11) is 0. The highest BCUT2D eigenvalue weighted by Crippen LogP contribution is 2.21. The molecule has 0 unspecified atom stereocenters. The largest absolute Gasteiger partial charge is 0.260 e. The van der Waals surface area contributed by atoms with Crippen molar-refractivity contribution in [2.45, 2.75) is 6.17 Å². The molecule has 66 valence electrons. The fourth-order valence-corrected chi connectivity index (χ4v) is 1.12. The van der Waals surface area contributed by atoms with Gasteiger partial charge in [0.15, 0.2) is 17.8 Å². The molecule has 0 saturated carbocycles. The minimum atomic E-state index is -0.866.